The van der Waals surface area contributed by atoms with E-state index >= 15 is 0 Å². The lowest BCUT2D eigenvalue weighted by Gasteiger charge is -2.26. The van der Waals surface area contributed by atoms with E-state index in [1.165, 1.54) is 18.3 Å². The number of aromatic nitrogens is 2. The second-order valence-corrected chi connectivity index (χ2v) is 6.08. The molecule has 23 heavy (non-hydrogen) atoms. The van der Waals surface area contributed by atoms with Crippen LogP contribution in [0.25, 0.3) is 0 Å². The molecule has 0 saturated carbocycles. The SMILES string of the molecule is Cc1ccc(C)c(Nc2cc(C(=O)N3CCCCC3)ncn2)c1. The van der Waals surface area contributed by atoms with Crippen LogP contribution in [0.15, 0.2) is 30.6 Å². The second-order valence-electron chi connectivity index (χ2n) is 6.08. The van der Waals surface area contributed by atoms with Gasteiger partial charge >= 0.3 is 0 Å². The Kier molecular flexibility index (Phi) is 4.55. The van der Waals surface area contributed by atoms with Gasteiger partial charge in [0.1, 0.15) is 17.8 Å². The van der Waals surface area contributed by atoms with E-state index in [0.717, 1.165) is 37.2 Å². The highest BCUT2D eigenvalue weighted by molar-refractivity contribution is 5.93. The van der Waals surface area contributed by atoms with Crippen LogP contribution in [-0.2, 0) is 0 Å². The monoisotopic (exact) mass is 310 g/mol. The van der Waals surface area contributed by atoms with E-state index in [1.807, 2.05) is 11.8 Å². The number of piperidine rings is 1. The van der Waals surface area contributed by atoms with Gasteiger partial charge in [0, 0.05) is 24.8 Å². The minimum absolute atomic E-state index is 0.00360. The molecule has 1 N–H and O–H groups in total. The van der Waals surface area contributed by atoms with Gasteiger partial charge in [-0.05, 0) is 50.3 Å². The number of hydrogen-bond acceptors (Lipinski definition) is 4. The maximum Gasteiger partial charge on any atom is 0.272 e. The molecule has 5 nitrogen and oxygen atoms in total. The summed E-state index contributed by atoms with van der Waals surface area (Å²) in [6.45, 7) is 5.74. The molecular weight excluding hydrogens is 288 g/mol. The number of nitrogens with one attached hydrogen (secondary N) is 1. The van der Waals surface area contributed by atoms with Gasteiger partial charge in [-0.1, -0.05) is 12.1 Å². The van der Waals surface area contributed by atoms with Crippen molar-refractivity contribution in [2.45, 2.75) is 33.1 Å². The molecule has 3 rings (SSSR count). The fourth-order valence-corrected chi connectivity index (χ4v) is 2.81. The van der Waals surface area contributed by atoms with Crippen molar-refractivity contribution in [3.05, 3.63) is 47.4 Å². The number of carbonyl (C=O) groups is 1. The topological polar surface area (TPSA) is 58.1 Å². The molecule has 2 aromatic rings. The summed E-state index contributed by atoms with van der Waals surface area (Å²) < 4.78 is 0. The lowest BCUT2D eigenvalue weighted by Crippen LogP contribution is -2.36. The first-order chi connectivity index (χ1) is 11.1. The first-order valence-corrected chi connectivity index (χ1v) is 8.09. The Bertz CT molecular complexity index is 708. The number of rotatable bonds is 3. The lowest BCUT2D eigenvalue weighted by molar-refractivity contribution is 0.0718. The van der Waals surface area contributed by atoms with Crippen molar-refractivity contribution in [1.82, 2.24) is 14.9 Å². The van der Waals surface area contributed by atoms with E-state index in [0.29, 0.717) is 11.5 Å². The van der Waals surface area contributed by atoms with E-state index < -0.39 is 0 Å². The zero-order chi connectivity index (χ0) is 16.2. The van der Waals surface area contributed by atoms with Gasteiger partial charge in [-0.25, -0.2) is 9.97 Å². The zero-order valence-corrected chi connectivity index (χ0v) is 13.7. The predicted molar refractivity (Wildman–Crippen MR) is 91.0 cm³/mol. The third-order valence-corrected chi connectivity index (χ3v) is 4.19. The number of hydrogen-bond donors (Lipinski definition) is 1. The van der Waals surface area contributed by atoms with E-state index in [-0.39, 0.29) is 5.91 Å². The number of anilines is 2. The van der Waals surface area contributed by atoms with Crippen molar-refractivity contribution in [2.24, 2.45) is 0 Å². The van der Waals surface area contributed by atoms with Crippen LogP contribution < -0.4 is 5.32 Å². The predicted octanol–water partition coefficient (Wildman–Crippen LogP) is 3.46. The Morgan fingerprint density at radius 1 is 1.09 bits per heavy atom. The van der Waals surface area contributed by atoms with Gasteiger partial charge in [-0.2, -0.15) is 0 Å². The largest absolute Gasteiger partial charge is 0.340 e. The average molecular weight is 310 g/mol. The summed E-state index contributed by atoms with van der Waals surface area (Å²) in [7, 11) is 0. The Hall–Kier alpha value is -2.43. The summed E-state index contributed by atoms with van der Waals surface area (Å²) in [5, 5.41) is 3.29. The highest BCUT2D eigenvalue weighted by Gasteiger charge is 2.19. The van der Waals surface area contributed by atoms with Crippen molar-refractivity contribution in [3.8, 4) is 0 Å². The molecule has 120 valence electrons. The van der Waals surface area contributed by atoms with Crippen LogP contribution >= 0.6 is 0 Å². The van der Waals surface area contributed by atoms with Crippen LogP contribution in [0.3, 0.4) is 0 Å². The quantitative estimate of drug-likeness (QED) is 0.943. The third kappa shape index (κ3) is 3.67. The number of benzene rings is 1. The normalized spacial score (nSPS) is 14.6. The highest BCUT2D eigenvalue weighted by Crippen LogP contribution is 2.21. The number of amides is 1. The van der Waals surface area contributed by atoms with E-state index in [2.05, 4.69) is 40.4 Å². The lowest BCUT2D eigenvalue weighted by atomic mass is 10.1. The zero-order valence-electron chi connectivity index (χ0n) is 13.7. The van der Waals surface area contributed by atoms with Gasteiger partial charge in [0.2, 0.25) is 0 Å². The molecule has 1 saturated heterocycles. The smallest absolute Gasteiger partial charge is 0.272 e. The molecule has 1 aromatic carbocycles. The Labute approximate surface area is 136 Å². The van der Waals surface area contributed by atoms with Crippen molar-refractivity contribution >= 4 is 17.4 Å². The summed E-state index contributed by atoms with van der Waals surface area (Å²) in [4.78, 5) is 22.8. The fraction of sp³-hybridized carbons (Fsp3) is 0.389. The van der Waals surface area contributed by atoms with Crippen LogP contribution in [0.1, 0.15) is 40.9 Å². The Morgan fingerprint density at radius 3 is 2.65 bits per heavy atom. The summed E-state index contributed by atoms with van der Waals surface area (Å²) in [6, 6.07) is 7.95. The van der Waals surface area contributed by atoms with Gasteiger partial charge in [0.05, 0.1) is 0 Å². The van der Waals surface area contributed by atoms with Crippen molar-refractivity contribution < 1.29 is 4.79 Å². The molecule has 0 aliphatic carbocycles. The maximum absolute atomic E-state index is 12.5. The van der Waals surface area contributed by atoms with E-state index in [4.69, 9.17) is 0 Å². The van der Waals surface area contributed by atoms with Crippen molar-refractivity contribution in [2.75, 3.05) is 18.4 Å². The molecule has 0 unspecified atom stereocenters. The Balaban J connectivity index is 1.79. The van der Waals surface area contributed by atoms with Gasteiger partial charge in [0.25, 0.3) is 5.91 Å². The average Bonchev–Trinajstić information content (AvgIpc) is 2.58. The molecule has 0 bridgehead atoms. The summed E-state index contributed by atoms with van der Waals surface area (Å²) in [5.41, 5.74) is 3.77. The minimum Gasteiger partial charge on any atom is -0.340 e. The van der Waals surface area contributed by atoms with E-state index in [1.54, 1.807) is 6.07 Å². The molecule has 1 fully saturated rings. The van der Waals surface area contributed by atoms with Gasteiger partial charge in [-0.15, -0.1) is 0 Å². The third-order valence-electron chi connectivity index (χ3n) is 4.19. The molecule has 0 spiro atoms. The number of likely N-dealkylation sites (tertiary alicyclic amines) is 1. The van der Waals surface area contributed by atoms with Crippen LogP contribution in [0.2, 0.25) is 0 Å². The van der Waals surface area contributed by atoms with Crippen molar-refractivity contribution in [3.63, 3.8) is 0 Å². The molecule has 0 atom stereocenters. The first-order valence-electron chi connectivity index (χ1n) is 8.09. The molecular formula is C18H22N4O. The standard InChI is InChI=1S/C18H22N4O/c1-13-6-7-14(2)15(10-13)21-17-11-16(19-12-20-17)18(23)22-8-4-3-5-9-22/h6-7,10-12H,3-5,8-9H2,1-2H3,(H,19,20,21). The summed E-state index contributed by atoms with van der Waals surface area (Å²) in [5.74, 6) is 0.644. The molecule has 1 aromatic heterocycles. The van der Waals surface area contributed by atoms with Gasteiger partial charge < -0.3 is 10.2 Å². The Morgan fingerprint density at radius 2 is 1.87 bits per heavy atom. The highest BCUT2D eigenvalue weighted by atomic mass is 16.2. The number of carbonyl (C=O) groups excluding carboxylic acids is 1. The number of aryl methyl sites for hydroxylation is 2. The second kappa shape index (κ2) is 6.77. The molecule has 2 heterocycles. The molecule has 5 heteroatoms. The molecule has 1 aliphatic rings. The summed E-state index contributed by atoms with van der Waals surface area (Å²) >= 11 is 0. The maximum atomic E-state index is 12.5. The van der Waals surface area contributed by atoms with Crippen molar-refractivity contribution in [1.29, 1.82) is 0 Å². The number of nitrogens with zero attached hydrogens (tertiary/aromatic N) is 3. The molecule has 1 aliphatic heterocycles. The van der Waals surface area contributed by atoms with Crippen LogP contribution in [-0.4, -0.2) is 33.9 Å². The molecule has 1 amide bonds. The minimum atomic E-state index is -0.00360. The van der Waals surface area contributed by atoms with Gasteiger partial charge in [0.15, 0.2) is 0 Å². The van der Waals surface area contributed by atoms with E-state index in [9.17, 15) is 4.79 Å². The molecule has 0 radical (unpaired) electrons. The fourth-order valence-electron chi connectivity index (χ4n) is 2.81. The van der Waals surface area contributed by atoms with Crippen LogP contribution in [0.4, 0.5) is 11.5 Å². The van der Waals surface area contributed by atoms with Gasteiger partial charge in [-0.3, -0.25) is 4.79 Å². The first kappa shape index (κ1) is 15.5. The van der Waals surface area contributed by atoms with Crippen LogP contribution in [0, 0.1) is 13.8 Å². The summed E-state index contributed by atoms with van der Waals surface area (Å²) in [6.07, 6.45) is 4.80. The van der Waals surface area contributed by atoms with Crippen LogP contribution in [0.5, 0.6) is 0 Å².